The first-order chi connectivity index (χ1) is 4.00. The summed E-state index contributed by atoms with van der Waals surface area (Å²) in [5.74, 6) is 0. The Kier molecular flexibility index (Phi) is 6.50. The maximum absolute atomic E-state index is 2.27. The molecular weight excluding hydrogens is 293 g/mol. The van der Waals surface area contributed by atoms with Crippen LogP contribution in [-0.2, 0) is 22.4 Å². The Hall–Kier alpha value is 0.220. The zero-order valence-corrected chi connectivity index (χ0v) is 7.61. The zero-order valence-electron chi connectivity index (χ0n) is 5.44. The molecule has 0 saturated heterocycles. The molecule has 1 aliphatic carbocycles. The van der Waals surface area contributed by atoms with Gasteiger partial charge in [0.2, 0.25) is 0 Å². The summed E-state index contributed by atoms with van der Waals surface area (Å²) >= 11 is 0. The average Bonchev–Trinajstić information content (AvgIpc) is 1.62. The molecule has 9 heavy (non-hydrogen) atoms. The second kappa shape index (κ2) is 6.34. The molecule has 55 valence electrons. The minimum absolute atomic E-state index is 0. The third-order valence-corrected chi connectivity index (χ3v) is 1.33. The van der Waals surface area contributed by atoms with Gasteiger partial charge in [0, 0.05) is 22.4 Å². The molecular formula is C8H12Au. The van der Waals surface area contributed by atoms with Crippen LogP contribution >= 0.6 is 0 Å². The molecule has 0 aromatic carbocycles. The van der Waals surface area contributed by atoms with Crippen LogP contribution in [0.4, 0.5) is 0 Å². The van der Waals surface area contributed by atoms with E-state index >= 15 is 0 Å². The van der Waals surface area contributed by atoms with Crippen molar-refractivity contribution in [3.63, 3.8) is 0 Å². The van der Waals surface area contributed by atoms with Crippen LogP contribution in [-0.4, -0.2) is 0 Å². The molecule has 0 aliphatic heterocycles. The molecule has 1 heteroatoms. The first-order valence-corrected chi connectivity index (χ1v) is 3.30. The van der Waals surface area contributed by atoms with Gasteiger partial charge in [-0.15, -0.1) is 0 Å². The van der Waals surface area contributed by atoms with Crippen molar-refractivity contribution in [2.45, 2.75) is 25.7 Å². The standard InChI is InChI=1S/C8H12.Au/c1-2-4-6-8-7-5-3-1;/h1-2,7-8H,3-6H2;/b2-1-,8-7?;. The van der Waals surface area contributed by atoms with Gasteiger partial charge in [-0.1, -0.05) is 24.3 Å². The maximum atomic E-state index is 2.27. The Morgan fingerprint density at radius 2 is 0.778 bits per heavy atom. The molecule has 0 aromatic heterocycles. The van der Waals surface area contributed by atoms with Crippen LogP contribution in [0.1, 0.15) is 25.7 Å². The van der Waals surface area contributed by atoms with E-state index in [4.69, 9.17) is 0 Å². The SMILES string of the molecule is C1=CCC/C=C\CC1.[Au]. The monoisotopic (exact) mass is 305 g/mol. The molecule has 0 spiro atoms. The molecule has 0 unspecified atom stereocenters. The molecule has 0 heterocycles. The van der Waals surface area contributed by atoms with E-state index < -0.39 is 0 Å². The van der Waals surface area contributed by atoms with Crippen molar-refractivity contribution in [2.24, 2.45) is 0 Å². The molecule has 0 bridgehead atoms. The molecule has 0 fully saturated rings. The molecule has 0 nitrogen and oxygen atoms in total. The summed E-state index contributed by atoms with van der Waals surface area (Å²) in [6.45, 7) is 0. The summed E-state index contributed by atoms with van der Waals surface area (Å²) in [5.41, 5.74) is 0. The average molecular weight is 305 g/mol. The van der Waals surface area contributed by atoms with Gasteiger partial charge in [0.05, 0.1) is 0 Å². The number of allylic oxidation sites excluding steroid dienone is 4. The fourth-order valence-electron chi connectivity index (χ4n) is 0.856. The van der Waals surface area contributed by atoms with Crippen LogP contribution < -0.4 is 0 Å². The number of hydrogen-bond donors (Lipinski definition) is 0. The van der Waals surface area contributed by atoms with Crippen molar-refractivity contribution in [2.75, 3.05) is 0 Å². The zero-order chi connectivity index (χ0) is 5.66. The third kappa shape index (κ3) is 4.71. The summed E-state index contributed by atoms with van der Waals surface area (Å²) in [4.78, 5) is 0. The van der Waals surface area contributed by atoms with E-state index in [-0.39, 0.29) is 22.4 Å². The normalized spacial score (nSPS) is 21.3. The van der Waals surface area contributed by atoms with Gasteiger partial charge in [-0.3, -0.25) is 0 Å². The van der Waals surface area contributed by atoms with Gasteiger partial charge in [-0.2, -0.15) is 0 Å². The van der Waals surface area contributed by atoms with E-state index in [1.54, 1.807) is 0 Å². The molecule has 0 aromatic rings. The van der Waals surface area contributed by atoms with Crippen LogP contribution in [0.25, 0.3) is 0 Å². The minimum Gasteiger partial charge on any atom is -0.0882 e. The van der Waals surface area contributed by atoms with E-state index in [1.165, 1.54) is 25.7 Å². The Morgan fingerprint density at radius 3 is 1.00 bits per heavy atom. The molecule has 0 amide bonds. The first kappa shape index (κ1) is 9.22. The van der Waals surface area contributed by atoms with Gasteiger partial charge in [0.15, 0.2) is 0 Å². The summed E-state index contributed by atoms with van der Waals surface area (Å²) in [7, 11) is 0. The maximum Gasteiger partial charge on any atom is 0 e. The summed E-state index contributed by atoms with van der Waals surface area (Å²) in [5, 5.41) is 0. The van der Waals surface area contributed by atoms with Gasteiger partial charge >= 0.3 is 0 Å². The number of hydrogen-bond acceptors (Lipinski definition) is 0. The van der Waals surface area contributed by atoms with Crippen molar-refractivity contribution in [1.29, 1.82) is 0 Å². The molecule has 0 saturated carbocycles. The molecule has 1 aliphatic rings. The van der Waals surface area contributed by atoms with Gasteiger partial charge in [-0.25, -0.2) is 0 Å². The first-order valence-electron chi connectivity index (χ1n) is 3.30. The van der Waals surface area contributed by atoms with E-state index in [2.05, 4.69) is 24.3 Å². The fourth-order valence-corrected chi connectivity index (χ4v) is 0.856. The summed E-state index contributed by atoms with van der Waals surface area (Å²) in [6.07, 6.45) is 14.0. The van der Waals surface area contributed by atoms with E-state index in [1.807, 2.05) is 0 Å². The van der Waals surface area contributed by atoms with E-state index in [0.29, 0.717) is 0 Å². The van der Waals surface area contributed by atoms with Crippen molar-refractivity contribution < 1.29 is 22.4 Å². The van der Waals surface area contributed by atoms with Gasteiger partial charge in [-0.05, 0) is 25.7 Å². The van der Waals surface area contributed by atoms with Crippen LogP contribution in [0.3, 0.4) is 0 Å². The Bertz CT molecular complexity index is 77.1. The largest absolute Gasteiger partial charge is 0.0882 e. The Balaban J connectivity index is 0.000000640. The van der Waals surface area contributed by atoms with Crippen molar-refractivity contribution >= 4 is 0 Å². The van der Waals surface area contributed by atoms with Gasteiger partial charge < -0.3 is 0 Å². The van der Waals surface area contributed by atoms with E-state index in [9.17, 15) is 0 Å². The summed E-state index contributed by atoms with van der Waals surface area (Å²) in [6, 6.07) is 0. The van der Waals surface area contributed by atoms with Crippen LogP contribution in [0, 0.1) is 0 Å². The molecule has 0 N–H and O–H groups in total. The van der Waals surface area contributed by atoms with E-state index in [0.717, 1.165) is 0 Å². The van der Waals surface area contributed by atoms with Gasteiger partial charge in [0.1, 0.15) is 0 Å². The third-order valence-electron chi connectivity index (χ3n) is 1.33. The quantitative estimate of drug-likeness (QED) is 0.477. The van der Waals surface area contributed by atoms with Crippen molar-refractivity contribution in [1.82, 2.24) is 0 Å². The Morgan fingerprint density at radius 1 is 0.556 bits per heavy atom. The van der Waals surface area contributed by atoms with Crippen LogP contribution in [0.15, 0.2) is 24.3 Å². The fraction of sp³-hybridized carbons (Fsp3) is 0.500. The second-order valence-electron chi connectivity index (χ2n) is 2.10. The summed E-state index contributed by atoms with van der Waals surface area (Å²) < 4.78 is 0. The van der Waals surface area contributed by atoms with Crippen LogP contribution in [0.2, 0.25) is 0 Å². The smallest absolute Gasteiger partial charge is 0 e. The molecule has 1 radical (unpaired) electrons. The minimum atomic E-state index is 0. The predicted molar refractivity (Wildman–Crippen MR) is 36.7 cm³/mol. The topological polar surface area (TPSA) is 0 Å². The molecule has 0 atom stereocenters. The Labute approximate surface area is 72.5 Å². The second-order valence-corrected chi connectivity index (χ2v) is 2.10. The van der Waals surface area contributed by atoms with Crippen molar-refractivity contribution in [3.8, 4) is 0 Å². The van der Waals surface area contributed by atoms with Crippen molar-refractivity contribution in [3.05, 3.63) is 24.3 Å². The van der Waals surface area contributed by atoms with Gasteiger partial charge in [0.25, 0.3) is 0 Å². The van der Waals surface area contributed by atoms with Crippen LogP contribution in [0.5, 0.6) is 0 Å². The number of rotatable bonds is 0. The molecule has 1 rings (SSSR count). The predicted octanol–water partition coefficient (Wildman–Crippen LogP) is 2.67.